The van der Waals surface area contributed by atoms with Gasteiger partial charge in [0.15, 0.2) is 0 Å². The number of piperidine rings is 1. The van der Waals surface area contributed by atoms with Crippen molar-refractivity contribution >= 4 is 32.5 Å². The van der Waals surface area contributed by atoms with E-state index in [4.69, 9.17) is 11.6 Å². The van der Waals surface area contributed by atoms with E-state index in [9.17, 15) is 13.7 Å². The summed E-state index contributed by atoms with van der Waals surface area (Å²) in [5.41, 5.74) is 1.86. The highest BCUT2D eigenvalue weighted by Gasteiger charge is 2.36. The topological polar surface area (TPSA) is 77.0 Å². The fraction of sp³-hybridized carbons (Fsp3) is 0.250. The molecule has 0 radical (unpaired) electrons. The van der Waals surface area contributed by atoms with E-state index in [0.717, 1.165) is 35.9 Å². The minimum Gasteiger partial charge on any atom is -0.357 e. The molecule has 138 valence electrons. The lowest BCUT2D eigenvalue weighted by Crippen LogP contribution is -2.39. The summed E-state index contributed by atoms with van der Waals surface area (Å²) in [5.74, 6) is 0. The zero-order valence-corrected chi connectivity index (χ0v) is 16.1. The van der Waals surface area contributed by atoms with Crippen molar-refractivity contribution in [1.82, 2.24) is 9.29 Å². The third kappa shape index (κ3) is 3.12. The number of sulfonamides is 1. The van der Waals surface area contributed by atoms with Crippen molar-refractivity contribution in [3.63, 3.8) is 0 Å². The number of nitriles is 1. The van der Waals surface area contributed by atoms with Crippen molar-refractivity contribution < 1.29 is 8.42 Å². The second-order valence-corrected chi connectivity index (χ2v) is 8.93. The number of nitrogens with one attached hydrogen (secondary N) is 1. The van der Waals surface area contributed by atoms with E-state index in [0.29, 0.717) is 6.54 Å². The second kappa shape index (κ2) is 7.01. The smallest absolute Gasteiger partial charge is 0.245 e. The van der Waals surface area contributed by atoms with Gasteiger partial charge in [0.05, 0.1) is 16.6 Å². The second-order valence-electron chi connectivity index (χ2n) is 6.66. The van der Waals surface area contributed by atoms with Crippen LogP contribution in [0.3, 0.4) is 0 Å². The van der Waals surface area contributed by atoms with Gasteiger partial charge >= 0.3 is 0 Å². The predicted octanol–water partition coefficient (Wildman–Crippen LogP) is 4.61. The third-order valence-corrected chi connectivity index (χ3v) is 7.30. The summed E-state index contributed by atoms with van der Waals surface area (Å²) in [7, 11) is -3.86. The number of nitrogens with zero attached hydrogens (tertiary/aromatic N) is 2. The van der Waals surface area contributed by atoms with Crippen molar-refractivity contribution in [2.45, 2.75) is 30.2 Å². The van der Waals surface area contributed by atoms with Crippen LogP contribution in [0.4, 0.5) is 0 Å². The summed E-state index contributed by atoms with van der Waals surface area (Å²) in [4.78, 5) is 3.33. The van der Waals surface area contributed by atoms with Gasteiger partial charge in [-0.2, -0.15) is 9.57 Å². The Morgan fingerprint density at radius 3 is 2.74 bits per heavy atom. The Balaban J connectivity index is 1.81. The number of halogens is 1. The van der Waals surface area contributed by atoms with E-state index < -0.39 is 10.0 Å². The largest absolute Gasteiger partial charge is 0.357 e. The maximum Gasteiger partial charge on any atom is 0.245 e. The highest BCUT2D eigenvalue weighted by molar-refractivity contribution is 7.89. The third-order valence-electron chi connectivity index (χ3n) is 5.04. The lowest BCUT2D eigenvalue weighted by molar-refractivity contribution is 0.252. The van der Waals surface area contributed by atoms with Gasteiger partial charge in [0.1, 0.15) is 11.0 Å². The van der Waals surface area contributed by atoms with Crippen LogP contribution in [-0.2, 0) is 10.0 Å². The molecular formula is C20H18ClN3O2S. The number of rotatable bonds is 3. The first-order chi connectivity index (χ1) is 13.0. The summed E-state index contributed by atoms with van der Waals surface area (Å²) >= 11 is 6.07. The summed E-state index contributed by atoms with van der Waals surface area (Å²) < 4.78 is 28.3. The molecule has 1 aliphatic rings. The number of H-pyrrole nitrogens is 1. The number of aromatic amines is 1. The van der Waals surface area contributed by atoms with E-state index in [1.165, 1.54) is 16.4 Å². The Morgan fingerprint density at radius 1 is 1.15 bits per heavy atom. The molecule has 1 saturated heterocycles. The van der Waals surface area contributed by atoms with Gasteiger partial charge in [-0.3, -0.25) is 0 Å². The van der Waals surface area contributed by atoms with Crippen molar-refractivity contribution in [2.75, 3.05) is 6.54 Å². The molecule has 1 unspecified atom stereocenters. The lowest BCUT2D eigenvalue weighted by Gasteiger charge is -2.34. The van der Waals surface area contributed by atoms with Gasteiger partial charge < -0.3 is 4.98 Å². The molecule has 0 bridgehead atoms. The highest BCUT2D eigenvalue weighted by Crippen LogP contribution is 2.37. The average molecular weight is 400 g/mol. The fourth-order valence-electron chi connectivity index (χ4n) is 3.73. The van der Waals surface area contributed by atoms with Crippen LogP contribution < -0.4 is 0 Å². The fourth-order valence-corrected chi connectivity index (χ4v) is 5.85. The SMILES string of the molecule is N#Cc1c(Cl)cccc1S(=O)(=O)N1CCCCC1c1cc2ccccc2[nH]1. The number of fused-ring (bicyclic) bond motifs is 1. The number of hydrogen-bond acceptors (Lipinski definition) is 3. The maximum absolute atomic E-state index is 13.4. The zero-order chi connectivity index (χ0) is 19.0. The predicted molar refractivity (Wildman–Crippen MR) is 105 cm³/mol. The first-order valence-corrected chi connectivity index (χ1v) is 10.6. The van der Waals surface area contributed by atoms with Gasteiger partial charge in [-0.05, 0) is 42.5 Å². The van der Waals surface area contributed by atoms with Crippen LogP contribution in [0.2, 0.25) is 5.02 Å². The average Bonchev–Trinajstić information content (AvgIpc) is 3.12. The Kier molecular flexibility index (Phi) is 4.68. The Morgan fingerprint density at radius 2 is 1.96 bits per heavy atom. The molecule has 3 aromatic rings. The van der Waals surface area contributed by atoms with Crippen LogP contribution in [0.1, 0.15) is 36.6 Å². The molecule has 4 rings (SSSR count). The maximum atomic E-state index is 13.4. The number of para-hydroxylation sites is 1. The van der Waals surface area contributed by atoms with Crippen LogP contribution in [0, 0.1) is 11.3 Å². The van der Waals surface area contributed by atoms with Gasteiger partial charge in [-0.25, -0.2) is 8.42 Å². The van der Waals surface area contributed by atoms with Gasteiger partial charge in [-0.1, -0.05) is 42.3 Å². The lowest BCUT2D eigenvalue weighted by atomic mass is 10.0. The Hall–Kier alpha value is -2.33. The van der Waals surface area contributed by atoms with E-state index in [2.05, 4.69) is 4.98 Å². The molecule has 0 amide bonds. The van der Waals surface area contributed by atoms with Crippen molar-refractivity contribution in [2.24, 2.45) is 0 Å². The van der Waals surface area contributed by atoms with Gasteiger partial charge in [0.25, 0.3) is 0 Å². The number of aromatic nitrogens is 1. The molecule has 0 saturated carbocycles. The summed E-state index contributed by atoms with van der Waals surface area (Å²) in [6.07, 6.45) is 2.47. The Labute approximate surface area is 163 Å². The molecule has 1 aromatic heterocycles. The van der Waals surface area contributed by atoms with Crippen molar-refractivity contribution in [3.8, 4) is 6.07 Å². The first kappa shape index (κ1) is 18.1. The van der Waals surface area contributed by atoms with Crippen LogP contribution in [-0.4, -0.2) is 24.3 Å². The van der Waals surface area contributed by atoms with Crippen LogP contribution in [0.15, 0.2) is 53.4 Å². The molecule has 1 N–H and O–H groups in total. The quantitative estimate of drug-likeness (QED) is 0.698. The number of hydrogen-bond donors (Lipinski definition) is 1. The van der Waals surface area contributed by atoms with E-state index in [1.54, 1.807) is 6.07 Å². The molecule has 27 heavy (non-hydrogen) atoms. The molecular weight excluding hydrogens is 382 g/mol. The summed E-state index contributed by atoms with van der Waals surface area (Å²) in [5, 5.41) is 10.6. The van der Waals surface area contributed by atoms with Crippen LogP contribution >= 0.6 is 11.6 Å². The molecule has 0 spiro atoms. The summed E-state index contributed by atoms with van der Waals surface area (Å²) in [6, 6.07) is 16.1. The molecule has 0 aliphatic carbocycles. The van der Waals surface area contributed by atoms with Crippen molar-refractivity contribution in [1.29, 1.82) is 5.26 Å². The molecule has 1 atom stereocenters. The highest BCUT2D eigenvalue weighted by atomic mass is 35.5. The molecule has 2 heterocycles. The number of benzene rings is 2. The van der Waals surface area contributed by atoms with Gasteiger partial charge in [0.2, 0.25) is 10.0 Å². The van der Waals surface area contributed by atoms with E-state index in [1.807, 2.05) is 36.4 Å². The summed E-state index contributed by atoms with van der Waals surface area (Å²) in [6.45, 7) is 0.416. The molecule has 1 aliphatic heterocycles. The van der Waals surface area contributed by atoms with Gasteiger partial charge in [-0.15, -0.1) is 0 Å². The molecule has 2 aromatic carbocycles. The van der Waals surface area contributed by atoms with E-state index >= 15 is 0 Å². The van der Waals surface area contributed by atoms with E-state index in [-0.39, 0.29) is 21.5 Å². The van der Waals surface area contributed by atoms with Crippen molar-refractivity contribution in [3.05, 3.63) is 64.8 Å². The van der Waals surface area contributed by atoms with Crippen LogP contribution in [0.5, 0.6) is 0 Å². The zero-order valence-electron chi connectivity index (χ0n) is 14.5. The molecule has 7 heteroatoms. The standard InChI is InChI=1S/C20H18ClN3O2S/c21-16-7-5-10-20(15(16)13-22)27(25,26)24-11-4-3-9-19(24)18-12-14-6-1-2-8-17(14)23-18/h1-2,5-8,10,12,19,23H,3-4,9,11H2. The monoisotopic (exact) mass is 399 g/mol. The van der Waals surface area contributed by atoms with Gasteiger partial charge in [0, 0.05) is 17.8 Å². The Bertz CT molecular complexity index is 1110. The minimum absolute atomic E-state index is 0.000127. The van der Waals surface area contributed by atoms with Crippen LogP contribution in [0.25, 0.3) is 10.9 Å². The minimum atomic E-state index is -3.86. The normalized spacial score (nSPS) is 18.4. The molecule has 1 fully saturated rings. The first-order valence-electron chi connectivity index (χ1n) is 8.80. The molecule has 5 nitrogen and oxygen atoms in total.